The molecule has 8 saturated carbocycles. The minimum atomic E-state index is -5.40. The van der Waals surface area contributed by atoms with E-state index in [9.17, 15) is 59.4 Å². The number of alkyl halides is 6. The van der Waals surface area contributed by atoms with Crippen LogP contribution in [0, 0.1) is 57.2 Å². The zero-order valence-electron chi connectivity index (χ0n) is 45.3. The number of carboxylic acids is 1. The van der Waals surface area contributed by atoms with Crippen molar-refractivity contribution in [1.82, 2.24) is 0 Å². The van der Waals surface area contributed by atoms with Crippen LogP contribution in [0.3, 0.4) is 0 Å². The zero-order valence-corrected chi connectivity index (χ0v) is 46.1. The molecule has 1 aromatic rings. The molecule has 5 unspecified atom stereocenters. The molecule has 0 aliphatic heterocycles. The maximum Gasteiger partial charge on any atom is 0.437 e. The SMILES string of the molecule is C=CCC/C(=C/S(=O)(=O)O/N=C(\c1ccc(OCCOC(=O)C(C)(CC)CC(C)(CC(C)(CC(C)(C)C(=O)OCOC2C3CC4CC(C3)CC2C4)C(=O)O)C(=O)OC23CC4CC(CC(O)(C4)C2)C3)cc1)C(F)(F)F)C(F)(F)F. The molecule has 0 radical (unpaired) electrons. The second-order valence-corrected chi connectivity index (χ2v) is 26.5. The van der Waals surface area contributed by atoms with E-state index >= 15 is 4.79 Å². The number of aliphatic carboxylic acids is 1. The summed E-state index contributed by atoms with van der Waals surface area (Å²) < 4.78 is 141. The van der Waals surface area contributed by atoms with Crippen molar-refractivity contribution in [1.29, 1.82) is 0 Å². The molecule has 0 saturated heterocycles. The average molecular weight is 1130 g/mol. The van der Waals surface area contributed by atoms with Gasteiger partial charge in [0.25, 0.3) is 0 Å². The molecule has 2 N–H and O–H groups in total. The maximum atomic E-state index is 15.1. The van der Waals surface area contributed by atoms with Crippen LogP contribution in [0.4, 0.5) is 26.3 Å². The van der Waals surface area contributed by atoms with Crippen molar-refractivity contribution in [3.05, 3.63) is 53.5 Å². The van der Waals surface area contributed by atoms with Gasteiger partial charge in [-0.2, -0.15) is 34.8 Å². The van der Waals surface area contributed by atoms with Gasteiger partial charge in [0.15, 0.2) is 12.5 Å². The zero-order chi connectivity index (χ0) is 57.5. The van der Waals surface area contributed by atoms with Crippen LogP contribution < -0.4 is 4.74 Å². The topological polar surface area (TPSA) is 211 Å². The molecule has 436 valence electrons. The van der Waals surface area contributed by atoms with E-state index in [1.165, 1.54) is 13.3 Å². The van der Waals surface area contributed by atoms with Crippen molar-refractivity contribution in [2.24, 2.45) is 62.3 Å². The monoisotopic (exact) mass is 1130 g/mol. The van der Waals surface area contributed by atoms with Crippen molar-refractivity contribution in [3.8, 4) is 5.75 Å². The van der Waals surface area contributed by atoms with Crippen LogP contribution in [0.5, 0.6) is 5.75 Å². The van der Waals surface area contributed by atoms with Crippen molar-refractivity contribution in [2.75, 3.05) is 20.0 Å². The summed E-state index contributed by atoms with van der Waals surface area (Å²) in [6.07, 6.45) is -2.22. The summed E-state index contributed by atoms with van der Waals surface area (Å²) in [5.74, 6) is -0.971. The van der Waals surface area contributed by atoms with E-state index < -0.39 is 109 Å². The average Bonchev–Trinajstić information content (AvgIpc) is 3.52. The number of esters is 3. The molecule has 0 aromatic heterocycles. The van der Waals surface area contributed by atoms with Crippen LogP contribution in [-0.4, -0.2) is 97.9 Å². The lowest BCUT2D eigenvalue weighted by molar-refractivity contribution is -0.228. The third-order valence-electron chi connectivity index (χ3n) is 17.6. The molecular formula is C56H75F6NO14S. The van der Waals surface area contributed by atoms with Gasteiger partial charge < -0.3 is 33.9 Å². The molecule has 8 aliphatic carbocycles. The number of oxime groups is 1. The largest absolute Gasteiger partial charge is 0.490 e. The number of nitrogens with zero attached hydrogens (tertiary/aromatic N) is 1. The number of hydrogen-bond donors (Lipinski definition) is 2. The van der Waals surface area contributed by atoms with Crippen LogP contribution in [0.15, 0.2) is 53.1 Å². The van der Waals surface area contributed by atoms with Gasteiger partial charge in [-0.05, 0) is 197 Å². The molecule has 8 bridgehead atoms. The Bertz CT molecular complexity index is 2540. The molecule has 8 fully saturated rings. The Morgan fingerprint density at radius 3 is 1.85 bits per heavy atom. The minimum Gasteiger partial charge on any atom is -0.490 e. The highest BCUT2D eigenvalue weighted by atomic mass is 32.2. The van der Waals surface area contributed by atoms with Gasteiger partial charge in [0.2, 0.25) is 0 Å². The van der Waals surface area contributed by atoms with E-state index in [-0.39, 0.29) is 81.0 Å². The number of carbonyl (C=O) groups is 4. The quantitative estimate of drug-likeness (QED) is 0.0129. The summed E-state index contributed by atoms with van der Waals surface area (Å²) in [6.45, 7) is 11.7. The second-order valence-electron chi connectivity index (χ2n) is 25.1. The summed E-state index contributed by atoms with van der Waals surface area (Å²) in [4.78, 5) is 56.7. The summed E-state index contributed by atoms with van der Waals surface area (Å²) in [7, 11) is -5.40. The van der Waals surface area contributed by atoms with E-state index in [4.69, 9.17) is 23.7 Å². The summed E-state index contributed by atoms with van der Waals surface area (Å²) in [5.41, 5.74) is -12.5. The fourth-order valence-corrected chi connectivity index (χ4v) is 15.7. The number of hydrogen-bond acceptors (Lipinski definition) is 14. The minimum absolute atomic E-state index is 0.00278. The van der Waals surface area contributed by atoms with Gasteiger partial charge >= 0.3 is 46.3 Å². The van der Waals surface area contributed by atoms with E-state index in [2.05, 4.69) is 16.0 Å². The van der Waals surface area contributed by atoms with Crippen molar-refractivity contribution in [3.63, 3.8) is 0 Å². The van der Waals surface area contributed by atoms with Crippen LogP contribution in [0.1, 0.15) is 156 Å². The Hall–Kier alpha value is -4.70. The van der Waals surface area contributed by atoms with Crippen molar-refractivity contribution < 1.29 is 92.1 Å². The van der Waals surface area contributed by atoms with E-state index in [0.29, 0.717) is 37.5 Å². The number of aliphatic hydroxyl groups is 1. The summed E-state index contributed by atoms with van der Waals surface area (Å²) >= 11 is 0. The van der Waals surface area contributed by atoms with E-state index in [1.54, 1.807) is 34.6 Å². The molecule has 1 aromatic carbocycles. The Labute approximate surface area is 452 Å². The fourth-order valence-electron chi connectivity index (χ4n) is 14.9. The number of rotatable bonds is 26. The van der Waals surface area contributed by atoms with Gasteiger partial charge in [0.05, 0.1) is 38.8 Å². The van der Waals surface area contributed by atoms with E-state index in [0.717, 1.165) is 74.3 Å². The van der Waals surface area contributed by atoms with Gasteiger partial charge in [-0.3, -0.25) is 23.5 Å². The predicted octanol–water partition coefficient (Wildman–Crippen LogP) is 11.3. The third kappa shape index (κ3) is 14.2. The lowest BCUT2D eigenvalue weighted by Gasteiger charge is -2.59. The smallest absolute Gasteiger partial charge is 0.437 e. The van der Waals surface area contributed by atoms with Gasteiger partial charge in [0, 0.05) is 17.6 Å². The van der Waals surface area contributed by atoms with Gasteiger partial charge in [-0.1, -0.05) is 18.2 Å². The maximum absolute atomic E-state index is 15.1. The molecule has 78 heavy (non-hydrogen) atoms. The van der Waals surface area contributed by atoms with Crippen LogP contribution in [0.2, 0.25) is 0 Å². The number of allylic oxidation sites excluding steroid dienone is 2. The first kappa shape index (κ1) is 60.9. The highest BCUT2D eigenvalue weighted by Gasteiger charge is 2.61. The first-order valence-electron chi connectivity index (χ1n) is 27.0. The first-order valence-corrected chi connectivity index (χ1v) is 28.5. The third-order valence-corrected chi connectivity index (χ3v) is 18.4. The lowest BCUT2D eigenvalue weighted by atomic mass is 9.52. The van der Waals surface area contributed by atoms with Crippen molar-refractivity contribution in [2.45, 2.75) is 180 Å². The molecule has 8 aliphatic rings. The number of benzene rings is 1. The Kier molecular flexibility index (Phi) is 17.7. The molecule has 5 atom stereocenters. The highest BCUT2D eigenvalue weighted by molar-refractivity contribution is 7.89. The van der Waals surface area contributed by atoms with E-state index in [1.807, 2.05) is 0 Å². The van der Waals surface area contributed by atoms with Gasteiger partial charge in [0.1, 0.15) is 24.6 Å². The Balaban J connectivity index is 1.02. The molecule has 0 spiro atoms. The number of carboxylic acid groups (broad SMARTS) is 1. The molecule has 15 nitrogen and oxygen atoms in total. The molecule has 0 heterocycles. The molecule has 22 heteroatoms. The summed E-state index contributed by atoms with van der Waals surface area (Å²) in [5, 5.41) is 24.9. The van der Waals surface area contributed by atoms with Gasteiger partial charge in [-0.15, -0.1) is 6.58 Å². The Morgan fingerprint density at radius 1 is 0.744 bits per heavy atom. The van der Waals surface area contributed by atoms with Gasteiger partial charge in [-0.25, -0.2) is 0 Å². The predicted molar refractivity (Wildman–Crippen MR) is 270 cm³/mol. The lowest BCUT2D eigenvalue weighted by Crippen LogP contribution is -2.61. The standard InChI is InChI=1S/C56H75F6NO14S/c1-8-10-11-41(55(57,58)59)28-78(70,71)77-63-44(56(60,61)62)38-12-14-42(15-13-38)72-16-17-73-47(67)50(5,9-2)30-52(7,48(68)76-54-26-36-19-37(27-54)25-53(69,24-36)32-54)31-51(6,45(64)65)29-49(3,4)46(66)75-33-74-43-39-20-34-18-35(22-39)23-40(43)21-34/h8,12-15,28,34-37,39-40,43,69H,1,9-11,16-27,29-33H2,2-7H3,(H,64,65)/b41-28-,63-44+. The molecular weight excluding hydrogens is 1060 g/mol. The van der Waals surface area contributed by atoms with Crippen LogP contribution >= 0.6 is 0 Å². The fraction of sp³-hybridized carbons (Fsp3) is 0.732. The number of ether oxygens (including phenoxy) is 5. The summed E-state index contributed by atoms with van der Waals surface area (Å²) in [6, 6.07) is 3.79. The molecule has 9 rings (SSSR count). The number of halogens is 6. The molecule has 0 amide bonds. The number of carbonyl (C=O) groups excluding carboxylic acids is 3. The first-order chi connectivity index (χ1) is 36.1. The second kappa shape index (κ2) is 22.7. The van der Waals surface area contributed by atoms with Crippen LogP contribution in [0.25, 0.3) is 0 Å². The Morgan fingerprint density at radius 2 is 1.32 bits per heavy atom. The highest BCUT2D eigenvalue weighted by Crippen LogP contribution is 2.60. The normalized spacial score (nSPS) is 30.1. The van der Waals surface area contributed by atoms with Crippen molar-refractivity contribution >= 4 is 39.7 Å². The van der Waals surface area contributed by atoms with Crippen LogP contribution in [-0.2, 0) is 52.5 Å².